The average molecular weight is 330 g/mol. The zero-order chi connectivity index (χ0) is 16.2. The van der Waals surface area contributed by atoms with Gasteiger partial charge in [-0.15, -0.1) is 0 Å². The lowest BCUT2D eigenvalue weighted by atomic mass is 10.0. The van der Waals surface area contributed by atoms with Crippen molar-refractivity contribution in [3.8, 4) is 5.75 Å². The summed E-state index contributed by atoms with van der Waals surface area (Å²) in [7, 11) is 0. The number of amides is 1. The number of carbonyl (C=O) groups is 1. The van der Waals surface area contributed by atoms with E-state index >= 15 is 0 Å². The summed E-state index contributed by atoms with van der Waals surface area (Å²) >= 11 is 5.96. The fourth-order valence-corrected chi connectivity index (χ4v) is 2.85. The molecule has 0 heterocycles. The smallest absolute Gasteiger partial charge is 0.255 e. The molecule has 3 nitrogen and oxygen atoms in total. The number of nitrogens with one attached hydrogen (secondary N) is 1. The van der Waals surface area contributed by atoms with E-state index in [1.807, 2.05) is 49.4 Å². The number of halogens is 1. The van der Waals surface area contributed by atoms with Crippen molar-refractivity contribution in [3.05, 3.63) is 64.7 Å². The number of carbonyl (C=O) groups excluding carboxylic acids is 1. The summed E-state index contributed by atoms with van der Waals surface area (Å²) in [4.78, 5) is 12.7. The molecule has 3 rings (SSSR count). The van der Waals surface area contributed by atoms with Gasteiger partial charge in [-0.3, -0.25) is 4.79 Å². The van der Waals surface area contributed by atoms with E-state index in [0.717, 1.165) is 18.4 Å². The Morgan fingerprint density at radius 2 is 1.91 bits per heavy atom. The Morgan fingerprint density at radius 3 is 2.57 bits per heavy atom. The fourth-order valence-electron chi connectivity index (χ4n) is 2.73. The molecule has 0 aliphatic heterocycles. The van der Waals surface area contributed by atoms with Crippen molar-refractivity contribution < 1.29 is 9.53 Å². The van der Waals surface area contributed by atoms with E-state index in [1.165, 1.54) is 0 Å². The number of hydrogen-bond donors (Lipinski definition) is 1. The van der Waals surface area contributed by atoms with Crippen LogP contribution in [0, 0.1) is 5.92 Å². The van der Waals surface area contributed by atoms with Crippen LogP contribution >= 0.6 is 11.6 Å². The Kier molecular flexibility index (Phi) is 4.87. The van der Waals surface area contributed by atoms with Crippen molar-refractivity contribution in [2.24, 2.45) is 5.92 Å². The van der Waals surface area contributed by atoms with E-state index in [1.54, 1.807) is 6.07 Å². The predicted octanol–water partition coefficient (Wildman–Crippen LogP) is 4.62. The highest BCUT2D eigenvalue weighted by molar-refractivity contribution is 6.30. The van der Waals surface area contributed by atoms with E-state index in [9.17, 15) is 4.79 Å². The zero-order valence-electron chi connectivity index (χ0n) is 13.1. The number of para-hydroxylation sites is 1. The highest BCUT2D eigenvalue weighted by Crippen LogP contribution is 2.41. The lowest BCUT2D eigenvalue weighted by Gasteiger charge is -2.20. The molecule has 0 aromatic heterocycles. The summed E-state index contributed by atoms with van der Waals surface area (Å²) in [5.41, 5.74) is 1.67. The second-order valence-corrected chi connectivity index (χ2v) is 6.21. The van der Waals surface area contributed by atoms with Crippen molar-refractivity contribution in [1.82, 2.24) is 5.32 Å². The molecule has 1 unspecified atom stereocenters. The first-order valence-electron chi connectivity index (χ1n) is 7.97. The first kappa shape index (κ1) is 15.9. The SMILES string of the molecule is CCOc1ccccc1C(=O)NC(c1ccc(Cl)cc1)C1CC1. The Morgan fingerprint density at radius 1 is 1.22 bits per heavy atom. The molecule has 0 saturated heterocycles. The minimum Gasteiger partial charge on any atom is -0.493 e. The second kappa shape index (κ2) is 7.05. The van der Waals surface area contributed by atoms with Crippen LogP contribution in [0.5, 0.6) is 5.75 Å². The summed E-state index contributed by atoms with van der Waals surface area (Å²) in [5, 5.41) is 3.87. The average Bonchev–Trinajstić information content (AvgIpc) is 3.39. The topological polar surface area (TPSA) is 38.3 Å². The molecule has 1 saturated carbocycles. The van der Waals surface area contributed by atoms with Crippen molar-refractivity contribution >= 4 is 17.5 Å². The Labute approximate surface area is 141 Å². The largest absolute Gasteiger partial charge is 0.493 e. The molecule has 1 aliphatic rings. The van der Waals surface area contributed by atoms with Gasteiger partial charge in [0.25, 0.3) is 5.91 Å². The van der Waals surface area contributed by atoms with Gasteiger partial charge in [-0.05, 0) is 55.5 Å². The van der Waals surface area contributed by atoms with E-state index in [4.69, 9.17) is 16.3 Å². The van der Waals surface area contributed by atoms with Gasteiger partial charge in [0.1, 0.15) is 5.75 Å². The molecule has 120 valence electrons. The summed E-state index contributed by atoms with van der Waals surface area (Å²) in [6.07, 6.45) is 2.28. The van der Waals surface area contributed by atoms with Crippen molar-refractivity contribution in [3.63, 3.8) is 0 Å². The molecule has 1 amide bonds. The van der Waals surface area contributed by atoms with Crippen molar-refractivity contribution in [2.75, 3.05) is 6.61 Å². The van der Waals surface area contributed by atoms with Gasteiger partial charge in [0.2, 0.25) is 0 Å². The monoisotopic (exact) mass is 329 g/mol. The van der Waals surface area contributed by atoms with E-state index in [0.29, 0.717) is 28.9 Å². The van der Waals surface area contributed by atoms with Crippen LogP contribution in [0.1, 0.15) is 41.7 Å². The van der Waals surface area contributed by atoms with E-state index < -0.39 is 0 Å². The Hall–Kier alpha value is -2.00. The van der Waals surface area contributed by atoms with Gasteiger partial charge in [0, 0.05) is 5.02 Å². The van der Waals surface area contributed by atoms with Crippen molar-refractivity contribution in [1.29, 1.82) is 0 Å². The lowest BCUT2D eigenvalue weighted by Crippen LogP contribution is -2.30. The molecule has 1 aliphatic carbocycles. The minimum atomic E-state index is -0.0964. The molecule has 2 aromatic rings. The van der Waals surface area contributed by atoms with E-state index in [-0.39, 0.29) is 11.9 Å². The molecular weight excluding hydrogens is 310 g/mol. The number of benzene rings is 2. The van der Waals surface area contributed by atoms with Crippen LogP contribution in [0.2, 0.25) is 5.02 Å². The second-order valence-electron chi connectivity index (χ2n) is 5.77. The van der Waals surface area contributed by atoms with Gasteiger partial charge < -0.3 is 10.1 Å². The van der Waals surface area contributed by atoms with Gasteiger partial charge in [-0.2, -0.15) is 0 Å². The normalized spacial score (nSPS) is 15.0. The first-order chi connectivity index (χ1) is 11.2. The lowest BCUT2D eigenvalue weighted by molar-refractivity contribution is 0.0928. The molecule has 0 bridgehead atoms. The maximum absolute atomic E-state index is 12.7. The van der Waals surface area contributed by atoms with Crippen molar-refractivity contribution in [2.45, 2.75) is 25.8 Å². The number of hydrogen-bond acceptors (Lipinski definition) is 2. The third-order valence-corrected chi connectivity index (χ3v) is 4.29. The van der Waals surface area contributed by atoms with Crippen LogP contribution in [0.4, 0.5) is 0 Å². The molecule has 1 atom stereocenters. The Bertz CT molecular complexity index is 680. The predicted molar refractivity (Wildman–Crippen MR) is 92.0 cm³/mol. The van der Waals surface area contributed by atoms with E-state index in [2.05, 4.69) is 5.32 Å². The fraction of sp³-hybridized carbons (Fsp3) is 0.316. The van der Waals surface area contributed by atoms with Crippen LogP contribution in [-0.2, 0) is 0 Å². The number of rotatable bonds is 6. The van der Waals surface area contributed by atoms with Gasteiger partial charge in [-0.25, -0.2) is 0 Å². The van der Waals surface area contributed by atoms with Crippen LogP contribution in [0.15, 0.2) is 48.5 Å². The summed E-state index contributed by atoms with van der Waals surface area (Å²) in [6, 6.07) is 15.1. The molecule has 1 fully saturated rings. The van der Waals surface area contributed by atoms with Gasteiger partial charge in [0.05, 0.1) is 18.2 Å². The molecule has 2 aromatic carbocycles. The Balaban J connectivity index is 1.81. The maximum Gasteiger partial charge on any atom is 0.255 e. The van der Waals surface area contributed by atoms with Gasteiger partial charge in [-0.1, -0.05) is 35.9 Å². The molecule has 23 heavy (non-hydrogen) atoms. The summed E-state index contributed by atoms with van der Waals surface area (Å²) < 4.78 is 5.56. The maximum atomic E-state index is 12.7. The molecule has 0 radical (unpaired) electrons. The van der Waals surface area contributed by atoms with Crippen LogP contribution in [0.25, 0.3) is 0 Å². The highest BCUT2D eigenvalue weighted by atomic mass is 35.5. The molecular formula is C19H20ClNO2. The zero-order valence-corrected chi connectivity index (χ0v) is 13.8. The first-order valence-corrected chi connectivity index (χ1v) is 8.35. The van der Waals surface area contributed by atoms with Gasteiger partial charge in [0.15, 0.2) is 0 Å². The molecule has 1 N–H and O–H groups in total. The highest BCUT2D eigenvalue weighted by Gasteiger charge is 2.33. The minimum absolute atomic E-state index is 0.0226. The third-order valence-electron chi connectivity index (χ3n) is 4.04. The van der Waals surface area contributed by atoms with Crippen LogP contribution in [0.3, 0.4) is 0 Å². The van der Waals surface area contributed by atoms with Gasteiger partial charge >= 0.3 is 0 Å². The summed E-state index contributed by atoms with van der Waals surface area (Å²) in [6.45, 7) is 2.45. The molecule has 0 spiro atoms. The van der Waals surface area contributed by atoms with Crippen LogP contribution in [-0.4, -0.2) is 12.5 Å². The third kappa shape index (κ3) is 3.85. The summed E-state index contributed by atoms with van der Waals surface area (Å²) in [5.74, 6) is 1.03. The quantitative estimate of drug-likeness (QED) is 0.839. The molecule has 4 heteroatoms. The number of ether oxygens (including phenoxy) is 1. The van der Waals surface area contributed by atoms with Crippen LogP contribution < -0.4 is 10.1 Å². The standard InChI is InChI=1S/C19H20ClNO2/c1-2-23-17-6-4-3-5-16(17)19(22)21-18(13-7-8-13)14-9-11-15(20)12-10-14/h3-6,9-13,18H,2,7-8H2,1H3,(H,21,22).